The lowest BCUT2D eigenvalue weighted by Crippen LogP contribution is -2.26. The molecular weight excluding hydrogens is 360 g/mol. The highest BCUT2D eigenvalue weighted by Gasteiger charge is 2.44. The first-order valence-electron chi connectivity index (χ1n) is 10.3. The number of benzene rings is 1. The standard InChI is InChI=1S/C23H24N6/c1-27-7-5-23(15-27)6-8-29-22(23)11-21(26-29)18-10-17-9-16(3-4-20(17)24-12-18)19-13-25-28(2)14-19/h3-4,9-14H,5-8,15H2,1-2H3. The van der Waals surface area contributed by atoms with Crippen LogP contribution in [0.1, 0.15) is 18.5 Å². The fourth-order valence-electron chi connectivity index (χ4n) is 5.12. The van der Waals surface area contributed by atoms with Crippen LogP contribution >= 0.6 is 0 Å². The Labute approximate surface area is 169 Å². The number of likely N-dealkylation sites (tertiary alicyclic amines) is 1. The van der Waals surface area contributed by atoms with Crippen molar-refractivity contribution in [3.05, 3.63) is 54.6 Å². The largest absolute Gasteiger partial charge is 0.305 e. The number of aryl methyl sites for hydroxylation is 2. The van der Waals surface area contributed by atoms with Crippen LogP contribution in [-0.2, 0) is 19.0 Å². The van der Waals surface area contributed by atoms with Gasteiger partial charge in [-0.1, -0.05) is 6.07 Å². The molecule has 0 N–H and O–H groups in total. The molecule has 1 unspecified atom stereocenters. The Morgan fingerprint density at radius 3 is 2.59 bits per heavy atom. The molecule has 0 radical (unpaired) electrons. The van der Waals surface area contributed by atoms with Crippen molar-refractivity contribution in [2.24, 2.45) is 7.05 Å². The molecule has 0 aliphatic carbocycles. The number of rotatable bonds is 2. The van der Waals surface area contributed by atoms with Gasteiger partial charge in [-0.05, 0) is 56.3 Å². The quantitative estimate of drug-likeness (QED) is 0.531. The molecule has 3 aromatic heterocycles. The average molecular weight is 384 g/mol. The predicted molar refractivity (Wildman–Crippen MR) is 114 cm³/mol. The number of aromatic nitrogens is 5. The van der Waals surface area contributed by atoms with Gasteiger partial charge < -0.3 is 4.90 Å². The second-order valence-corrected chi connectivity index (χ2v) is 8.69. The monoisotopic (exact) mass is 384 g/mol. The van der Waals surface area contributed by atoms with Crippen LogP contribution in [0.2, 0.25) is 0 Å². The summed E-state index contributed by atoms with van der Waals surface area (Å²) in [5.74, 6) is 0. The molecule has 29 heavy (non-hydrogen) atoms. The van der Waals surface area contributed by atoms with Crippen molar-refractivity contribution >= 4 is 10.9 Å². The van der Waals surface area contributed by atoms with Gasteiger partial charge in [-0.25, -0.2) is 0 Å². The van der Waals surface area contributed by atoms with E-state index >= 15 is 0 Å². The zero-order valence-corrected chi connectivity index (χ0v) is 16.8. The molecule has 2 aliphatic heterocycles. The van der Waals surface area contributed by atoms with Crippen molar-refractivity contribution in [1.29, 1.82) is 0 Å². The van der Waals surface area contributed by atoms with E-state index < -0.39 is 0 Å². The van der Waals surface area contributed by atoms with Gasteiger partial charge in [0, 0.05) is 60.2 Å². The molecule has 6 rings (SSSR count). The second-order valence-electron chi connectivity index (χ2n) is 8.69. The molecule has 1 atom stereocenters. The van der Waals surface area contributed by atoms with Crippen molar-refractivity contribution in [3.63, 3.8) is 0 Å². The molecule has 0 bridgehead atoms. The number of fused-ring (bicyclic) bond motifs is 3. The summed E-state index contributed by atoms with van der Waals surface area (Å²) in [7, 11) is 4.17. The van der Waals surface area contributed by atoms with Crippen molar-refractivity contribution in [1.82, 2.24) is 29.4 Å². The van der Waals surface area contributed by atoms with Gasteiger partial charge in [-0.3, -0.25) is 14.3 Å². The average Bonchev–Trinajstić information content (AvgIpc) is 3.48. The molecule has 4 aromatic rings. The van der Waals surface area contributed by atoms with Crippen molar-refractivity contribution in [2.75, 3.05) is 20.1 Å². The fourth-order valence-corrected chi connectivity index (χ4v) is 5.12. The summed E-state index contributed by atoms with van der Waals surface area (Å²) < 4.78 is 4.06. The third kappa shape index (κ3) is 2.63. The van der Waals surface area contributed by atoms with E-state index in [1.165, 1.54) is 25.1 Å². The maximum absolute atomic E-state index is 4.94. The Hall–Kier alpha value is -2.99. The van der Waals surface area contributed by atoms with Crippen molar-refractivity contribution < 1.29 is 0 Å². The van der Waals surface area contributed by atoms with Gasteiger partial charge in [0.2, 0.25) is 0 Å². The van der Waals surface area contributed by atoms with Gasteiger partial charge in [0.25, 0.3) is 0 Å². The molecule has 6 nitrogen and oxygen atoms in total. The van der Waals surface area contributed by atoms with Gasteiger partial charge in [-0.15, -0.1) is 0 Å². The van der Waals surface area contributed by atoms with E-state index in [0.29, 0.717) is 0 Å². The molecule has 146 valence electrons. The lowest BCUT2D eigenvalue weighted by atomic mass is 9.82. The first kappa shape index (κ1) is 16.9. The van der Waals surface area contributed by atoms with Crippen molar-refractivity contribution in [3.8, 4) is 22.4 Å². The summed E-state index contributed by atoms with van der Waals surface area (Å²) in [6.45, 7) is 3.34. The Bertz CT molecular complexity index is 1240. The van der Waals surface area contributed by atoms with E-state index in [1.807, 2.05) is 30.3 Å². The highest BCUT2D eigenvalue weighted by atomic mass is 15.3. The molecule has 1 saturated heterocycles. The third-order valence-electron chi connectivity index (χ3n) is 6.69. The minimum Gasteiger partial charge on any atom is -0.305 e. The van der Waals surface area contributed by atoms with Gasteiger partial charge in [-0.2, -0.15) is 10.2 Å². The van der Waals surface area contributed by atoms with Crippen LogP contribution in [0.25, 0.3) is 33.3 Å². The number of pyridine rings is 1. The lowest BCUT2D eigenvalue weighted by molar-refractivity contribution is 0.366. The summed E-state index contributed by atoms with van der Waals surface area (Å²) in [6, 6.07) is 10.9. The minimum absolute atomic E-state index is 0.289. The topological polar surface area (TPSA) is 51.8 Å². The zero-order valence-electron chi connectivity index (χ0n) is 16.8. The molecule has 0 amide bonds. The maximum Gasteiger partial charge on any atom is 0.0941 e. The highest BCUT2D eigenvalue weighted by molar-refractivity contribution is 5.87. The Balaban J connectivity index is 1.40. The third-order valence-corrected chi connectivity index (χ3v) is 6.69. The molecule has 6 heteroatoms. The molecular formula is C23H24N6. The molecule has 1 fully saturated rings. The fraction of sp³-hybridized carbons (Fsp3) is 0.348. The zero-order chi connectivity index (χ0) is 19.6. The lowest BCUT2D eigenvalue weighted by Gasteiger charge is -2.21. The van der Waals surface area contributed by atoms with Gasteiger partial charge in [0.05, 0.1) is 17.4 Å². The maximum atomic E-state index is 4.94. The number of likely N-dealkylation sites (N-methyl/N-ethyl adjacent to an activating group) is 1. The molecule has 5 heterocycles. The summed E-state index contributed by atoms with van der Waals surface area (Å²) in [5.41, 5.74) is 7.10. The van der Waals surface area contributed by atoms with Crippen LogP contribution in [0.5, 0.6) is 0 Å². The van der Waals surface area contributed by atoms with E-state index in [-0.39, 0.29) is 5.41 Å². The summed E-state index contributed by atoms with van der Waals surface area (Å²) in [5, 5.41) is 10.4. The van der Waals surface area contributed by atoms with Gasteiger partial charge in [0.1, 0.15) is 0 Å². The first-order chi connectivity index (χ1) is 14.1. The van der Waals surface area contributed by atoms with Gasteiger partial charge >= 0.3 is 0 Å². The van der Waals surface area contributed by atoms with E-state index in [1.54, 1.807) is 0 Å². The van der Waals surface area contributed by atoms with E-state index in [9.17, 15) is 0 Å². The van der Waals surface area contributed by atoms with E-state index in [2.05, 4.69) is 52.1 Å². The first-order valence-corrected chi connectivity index (χ1v) is 10.3. The van der Waals surface area contributed by atoms with Crippen LogP contribution in [0.4, 0.5) is 0 Å². The Morgan fingerprint density at radius 2 is 1.79 bits per heavy atom. The summed E-state index contributed by atoms with van der Waals surface area (Å²) >= 11 is 0. The van der Waals surface area contributed by atoms with Crippen molar-refractivity contribution in [2.45, 2.75) is 24.8 Å². The van der Waals surface area contributed by atoms with E-state index in [0.717, 1.165) is 46.4 Å². The number of hydrogen-bond donors (Lipinski definition) is 0. The molecule has 2 aliphatic rings. The van der Waals surface area contributed by atoms with E-state index in [4.69, 9.17) is 10.1 Å². The smallest absolute Gasteiger partial charge is 0.0941 e. The number of nitrogens with zero attached hydrogens (tertiary/aromatic N) is 6. The SMILES string of the molecule is CN1CCC2(CCn3nc(-c4cnc5ccc(-c6cnn(C)c6)cc5c4)cc32)C1. The summed E-state index contributed by atoms with van der Waals surface area (Å²) in [4.78, 5) is 7.15. The molecule has 1 spiro atoms. The summed E-state index contributed by atoms with van der Waals surface area (Å²) in [6.07, 6.45) is 8.34. The molecule has 0 saturated carbocycles. The van der Waals surface area contributed by atoms with Crippen LogP contribution in [0.15, 0.2) is 48.9 Å². The minimum atomic E-state index is 0.289. The Kier molecular flexibility index (Phi) is 3.50. The number of hydrogen-bond acceptors (Lipinski definition) is 4. The van der Waals surface area contributed by atoms with Crippen LogP contribution in [0, 0.1) is 0 Å². The Morgan fingerprint density at radius 1 is 0.931 bits per heavy atom. The highest BCUT2D eigenvalue weighted by Crippen LogP contribution is 2.43. The normalized spacial score (nSPS) is 21.4. The van der Waals surface area contributed by atoms with Gasteiger partial charge in [0.15, 0.2) is 0 Å². The second kappa shape index (κ2) is 6.00. The van der Waals surface area contributed by atoms with Crippen LogP contribution < -0.4 is 0 Å². The predicted octanol–water partition coefficient (Wildman–Crippen LogP) is 3.48. The molecule has 1 aromatic carbocycles. The van der Waals surface area contributed by atoms with Crippen LogP contribution in [-0.4, -0.2) is 49.6 Å². The van der Waals surface area contributed by atoms with Crippen LogP contribution in [0.3, 0.4) is 0 Å².